The Hall–Kier alpha value is -1.07. The first-order valence-electron chi connectivity index (χ1n) is 5.19. The number of thiophene rings is 1. The fourth-order valence-corrected chi connectivity index (χ4v) is 2.52. The Kier molecular flexibility index (Phi) is 4.54. The van der Waals surface area contributed by atoms with Crippen molar-refractivity contribution in [3.05, 3.63) is 21.3 Å². The van der Waals surface area contributed by atoms with E-state index in [-0.39, 0.29) is 0 Å². The van der Waals surface area contributed by atoms with Gasteiger partial charge in [-0.25, -0.2) is 4.79 Å². The third-order valence-corrected chi connectivity index (χ3v) is 3.78. The maximum Gasteiger partial charge on any atom is 0.329 e. The molecule has 1 unspecified atom stereocenters. The first-order chi connectivity index (χ1) is 7.90. The van der Waals surface area contributed by atoms with E-state index in [1.807, 2.05) is 6.92 Å². The van der Waals surface area contributed by atoms with Crippen molar-refractivity contribution in [1.29, 1.82) is 0 Å². The van der Waals surface area contributed by atoms with Crippen LogP contribution in [-0.4, -0.2) is 22.5 Å². The third-order valence-electron chi connectivity index (χ3n) is 2.43. The SMILES string of the molecule is CCCC(C)(NC(=O)c1sccc1Cl)C(=O)O. The van der Waals surface area contributed by atoms with E-state index < -0.39 is 17.4 Å². The van der Waals surface area contributed by atoms with Crippen LogP contribution in [0.25, 0.3) is 0 Å². The number of amides is 1. The second kappa shape index (κ2) is 5.51. The second-order valence-electron chi connectivity index (χ2n) is 3.94. The van der Waals surface area contributed by atoms with E-state index in [0.29, 0.717) is 22.7 Å². The highest BCUT2D eigenvalue weighted by Crippen LogP contribution is 2.23. The number of halogens is 1. The van der Waals surface area contributed by atoms with Crippen LogP contribution in [0, 0.1) is 0 Å². The number of hydrogen-bond acceptors (Lipinski definition) is 3. The molecular weight excluding hydrogens is 262 g/mol. The Balaban J connectivity index is 2.85. The van der Waals surface area contributed by atoms with Gasteiger partial charge >= 0.3 is 5.97 Å². The van der Waals surface area contributed by atoms with E-state index in [4.69, 9.17) is 16.7 Å². The van der Waals surface area contributed by atoms with E-state index in [9.17, 15) is 9.59 Å². The van der Waals surface area contributed by atoms with Gasteiger partial charge in [-0.05, 0) is 24.8 Å². The maximum atomic E-state index is 11.9. The summed E-state index contributed by atoms with van der Waals surface area (Å²) in [6, 6.07) is 1.61. The van der Waals surface area contributed by atoms with Gasteiger partial charge in [-0.2, -0.15) is 0 Å². The van der Waals surface area contributed by atoms with Crippen molar-refractivity contribution < 1.29 is 14.7 Å². The predicted molar refractivity (Wildman–Crippen MR) is 67.7 cm³/mol. The molecule has 1 aromatic rings. The molecule has 1 amide bonds. The van der Waals surface area contributed by atoms with Crippen LogP contribution in [0.2, 0.25) is 5.02 Å². The molecule has 4 nitrogen and oxygen atoms in total. The number of aliphatic carboxylic acids is 1. The standard InChI is InChI=1S/C11H14ClNO3S/c1-3-5-11(2,10(15)16)13-9(14)8-7(12)4-6-17-8/h4,6H,3,5H2,1-2H3,(H,13,14)(H,15,16). The van der Waals surface area contributed by atoms with Crippen LogP contribution in [0.3, 0.4) is 0 Å². The monoisotopic (exact) mass is 275 g/mol. The maximum absolute atomic E-state index is 11.9. The smallest absolute Gasteiger partial charge is 0.329 e. The lowest BCUT2D eigenvalue weighted by Gasteiger charge is -2.25. The molecule has 0 aliphatic heterocycles. The van der Waals surface area contributed by atoms with E-state index in [1.165, 1.54) is 18.3 Å². The van der Waals surface area contributed by atoms with E-state index >= 15 is 0 Å². The molecule has 0 radical (unpaired) electrons. The Labute approximate surface area is 109 Å². The van der Waals surface area contributed by atoms with Crippen LogP contribution in [-0.2, 0) is 4.79 Å². The molecule has 1 atom stereocenters. The summed E-state index contributed by atoms with van der Waals surface area (Å²) in [6.07, 6.45) is 1.04. The van der Waals surface area contributed by atoms with Gasteiger partial charge in [-0.15, -0.1) is 11.3 Å². The summed E-state index contributed by atoms with van der Waals surface area (Å²) in [5.74, 6) is -1.48. The lowest BCUT2D eigenvalue weighted by molar-refractivity contribution is -0.144. The van der Waals surface area contributed by atoms with Gasteiger partial charge in [0.25, 0.3) is 5.91 Å². The molecule has 0 aliphatic rings. The normalized spacial score (nSPS) is 14.1. The highest BCUT2D eigenvalue weighted by Gasteiger charge is 2.34. The fourth-order valence-electron chi connectivity index (χ4n) is 1.49. The minimum atomic E-state index is -1.25. The molecule has 0 aliphatic carbocycles. The van der Waals surface area contributed by atoms with Crippen molar-refractivity contribution in [3.63, 3.8) is 0 Å². The lowest BCUT2D eigenvalue weighted by Crippen LogP contribution is -2.52. The molecule has 0 saturated carbocycles. The Morgan fingerprint density at radius 1 is 1.59 bits per heavy atom. The molecule has 6 heteroatoms. The number of rotatable bonds is 5. The molecule has 94 valence electrons. The highest BCUT2D eigenvalue weighted by molar-refractivity contribution is 7.12. The molecule has 1 aromatic heterocycles. The number of carbonyl (C=O) groups excluding carboxylic acids is 1. The summed E-state index contributed by atoms with van der Waals surface area (Å²) < 4.78 is 0. The number of carbonyl (C=O) groups is 2. The van der Waals surface area contributed by atoms with Crippen LogP contribution < -0.4 is 5.32 Å². The second-order valence-corrected chi connectivity index (χ2v) is 5.26. The largest absolute Gasteiger partial charge is 0.480 e. The molecule has 0 aromatic carbocycles. The molecule has 0 bridgehead atoms. The van der Waals surface area contributed by atoms with Crippen molar-refractivity contribution in [2.24, 2.45) is 0 Å². The van der Waals surface area contributed by atoms with E-state index in [0.717, 1.165) is 0 Å². The molecule has 1 rings (SSSR count). The molecular formula is C11H14ClNO3S. The Bertz CT molecular complexity index is 432. The van der Waals surface area contributed by atoms with Gasteiger partial charge in [0.05, 0.1) is 5.02 Å². The van der Waals surface area contributed by atoms with Gasteiger partial charge < -0.3 is 10.4 Å². The van der Waals surface area contributed by atoms with Gasteiger partial charge in [0.2, 0.25) is 0 Å². The van der Waals surface area contributed by atoms with Crippen molar-refractivity contribution in [2.75, 3.05) is 0 Å². The average molecular weight is 276 g/mol. The van der Waals surface area contributed by atoms with Crippen LogP contribution in [0.5, 0.6) is 0 Å². The topological polar surface area (TPSA) is 66.4 Å². The number of carboxylic acid groups (broad SMARTS) is 1. The zero-order valence-electron chi connectivity index (χ0n) is 9.62. The lowest BCUT2D eigenvalue weighted by atomic mass is 9.96. The summed E-state index contributed by atoms with van der Waals surface area (Å²) in [5, 5.41) is 13.7. The third kappa shape index (κ3) is 3.20. The first kappa shape index (κ1) is 14.0. The van der Waals surface area contributed by atoms with Gasteiger partial charge in [-0.3, -0.25) is 4.79 Å². The molecule has 2 N–H and O–H groups in total. The number of carboxylic acids is 1. The zero-order chi connectivity index (χ0) is 13.1. The van der Waals surface area contributed by atoms with Gasteiger partial charge in [0.1, 0.15) is 10.4 Å². The Morgan fingerprint density at radius 2 is 2.24 bits per heavy atom. The van der Waals surface area contributed by atoms with Crippen LogP contribution in [0.15, 0.2) is 11.4 Å². The minimum Gasteiger partial charge on any atom is -0.480 e. The van der Waals surface area contributed by atoms with Crippen molar-refractivity contribution in [2.45, 2.75) is 32.2 Å². The average Bonchev–Trinajstić information content (AvgIpc) is 2.64. The van der Waals surface area contributed by atoms with E-state index in [1.54, 1.807) is 11.4 Å². The van der Waals surface area contributed by atoms with Crippen LogP contribution in [0.1, 0.15) is 36.4 Å². The first-order valence-corrected chi connectivity index (χ1v) is 6.45. The van der Waals surface area contributed by atoms with Gasteiger partial charge in [0.15, 0.2) is 0 Å². The fraction of sp³-hybridized carbons (Fsp3) is 0.455. The molecule has 0 fully saturated rings. The van der Waals surface area contributed by atoms with Crippen molar-refractivity contribution in [3.8, 4) is 0 Å². The molecule has 0 spiro atoms. The van der Waals surface area contributed by atoms with Crippen LogP contribution in [0.4, 0.5) is 0 Å². The predicted octanol–water partition coefficient (Wildman–Crippen LogP) is 2.77. The van der Waals surface area contributed by atoms with Crippen LogP contribution >= 0.6 is 22.9 Å². The summed E-state index contributed by atoms with van der Waals surface area (Å²) in [4.78, 5) is 23.4. The molecule has 17 heavy (non-hydrogen) atoms. The summed E-state index contributed by atoms with van der Waals surface area (Å²) in [5.41, 5.74) is -1.25. The summed E-state index contributed by atoms with van der Waals surface area (Å²) in [7, 11) is 0. The van der Waals surface area contributed by atoms with Gasteiger partial charge in [0, 0.05) is 0 Å². The zero-order valence-corrected chi connectivity index (χ0v) is 11.2. The van der Waals surface area contributed by atoms with Gasteiger partial charge in [-0.1, -0.05) is 24.9 Å². The van der Waals surface area contributed by atoms with Crippen molar-refractivity contribution in [1.82, 2.24) is 5.32 Å². The summed E-state index contributed by atoms with van der Waals surface area (Å²) in [6.45, 7) is 3.36. The number of hydrogen-bond donors (Lipinski definition) is 2. The Morgan fingerprint density at radius 3 is 2.65 bits per heavy atom. The number of nitrogens with one attached hydrogen (secondary N) is 1. The minimum absolute atomic E-state index is 0.343. The van der Waals surface area contributed by atoms with Crippen molar-refractivity contribution >= 4 is 34.8 Å². The summed E-state index contributed by atoms with van der Waals surface area (Å²) >= 11 is 7.01. The molecule has 1 heterocycles. The van der Waals surface area contributed by atoms with E-state index in [2.05, 4.69) is 5.32 Å². The highest BCUT2D eigenvalue weighted by atomic mass is 35.5. The quantitative estimate of drug-likeness (QED) is 0.868. The molecule has 0 saturated heterocycles.